The Bertz CT molecular complexity index is 220. The summed E-state index contributed by atoms with van der Waals surface area (Å²) in [4.78, 5) is 13.4. The number of fused-ring (bicyclic) bond motifs is 1. The molecule has 4 heteroatoms. The molecule has 0 bridgehead atoms. The highest BCUT2D eigenvalue weighted by Crippen LogP contribution is 2.17. The fraction of sp³-hybridized carbons (Fsp3) is 0.900. The topological polar surface area (TPSA) is 41.6 Å². The van der Waals surface area contributed by atoms with Crippen LogP contribution in [0.4, 0.5) is 0 Å². The minimum Gasteiger partial charge on any atom is -0.375 e. The van der Waals surface area contributed by atoms with Gasteiger partial charge in [-0.05, 0) is 6.42 Å². The predicted octanol–water partition coefficient (Wildman–Crippen LogP) is -0.0143. The Balaban J connectivity index is 1.92. The van der Waals surface area contributed by atoms with Crippen molar-refractivity contribution in [2.24, 2.45) is 0 Å². The zero-order chi connectivity index (χ0) is 9.97. The van der Waals surface area contributed by atoms with E-state index in [9.17, 15) is 4.79 Å². The monoisotopic (exact) mass is 198 g/mol. The average molecular weight is 198 g/mol. The summed E-state index contributed by atoms with van der Waals surface area (Å²) in [7, 11) is 0. The number of carbonyl (C=O) groups is 1. The van der Waals surface area contributed by atoms with Crippen molar-refractivity contribution in [2.75, 3.05) is 26.2 Å². The molecule has 0 aromatic heterocycles. The third-order valence-corrected chi connectivity index (χ3v) is 3.05. The maximum atomic E-state index is 11.5. The van der Waals surface area contributed by atoms with Crippen LogP contribution in [-0.2, 0) is 9.53 Å². The van der Waals surface area contributed by atoms with Crippen molar-refractivity contribution in [3.63, 3.8) is 0 Å². The normalized spacial score (nSPS) is 32.5. The van der Waals surface area contributed by atoms with Crippen LogP contribution in [0.2, 0.25) is 0 Å². The van der Waals surface area contributed by atoms with Crippen molar-refractivity contribution in [1.29, 1.82) is 0 Å². The quantitative estimate of drug-likeness (QED) is 0.644. The van der Waals surface area contributed by atoms with Crippen LogP contribution in [0.5, 0.6) is 0 Å². The highest BCUT2D eigenvalue weighted by Gasteiger charge is 2.33. The Kier molecular flexibility index (Phi) is 3.03. The van der Waals surface area contributed by atoms with Gasteiger partial charge in [0, 0.05) is 26.1 Å². The summed E-state index contributed by atoms with van der Waals surface area (Å²) in [5, 5.41) is 3.41. The van der Waals surface area contributed by atoms with E-state index in [1.54, 1.807) is 0 Å². The average Bonchev–Trinajstić information content (AvgIpc) is 2.27. The van der Waals surface area contributed by atoms with Gasteiger partial charge in [-0.15, -0.1) is 0 Å². The lowest BCUT2D eigenvalue weighted by Gasteiger charge is -2.41. The summed E-state index contributed by atoms with van der Waals surface area (Å²) < 4.78 is 5.64. The van der Waals surface area contributed by atoms with Crippen LogP contribution in [0.25, 0.3) is 0 Å². The summed E-state index contributed by atoms with van der Waals surface area (Å²) in [5.41, 5.74) is 0. The van der Waals surface area contributed by atoms with Gasteiger partial charge in [0.15, 0.2) is 0 Å². The van der Waals surface area contributed by atoms with Crippen molar-refractivity contribution >= 4 is 5.91 Å². The zero-order valence-corrected chi connectivity index (χ0v) is 8.66. The lowest BCUT2D eigenvalue weighted by atomic mass is 10.0. The van der Waals surface area contributed by atoms with Gasteiger partial charge in [-0.2, -0.15) is 0 Å². The molecule has 1 N–H and O–H groups in total. The molecule has 2 unspecified atom stereocenters. The van der Waals surface area contributed by atoms with E-state index < -0.39 is 0 Å². The molecule has 0 aliphatic carbocycles. The largest absolute Gasteiger partial charge is 0.375 e. The Morgan fingerprint density at radius 3 is 3.29 bits per heavy atom. The van der Waals surface area contributed by atoms with Crippen LogP contribution in [0.3, 0.4) is 0 Å². The van der Waals surface area contributed by atoms with Gasteiger partial charge < -0.3 is 15.0 Å². The van der Waals surface area contributed by atoms with Gasteiger partial charge in [0.05, 0.1) is 18.8 Å². The smallest absolute Gasteiger partial charge is 0.222 e. The second kappa shape index (κ2) is 4.28. The number of likely N-dealkylation sites (tertiary alicyclic amines) is 1. The summed E-state index contributed by atoms with van der Waals surface area (Å²) >= 11 is 0. The van der Waals surface area contributed by atoms with Crippen LogP contribution in [0.15, 0.2) is 0 Å². The number of morpholine rings is 1. The molecular formula is C10H18N2O2. The van der Waals surface area contributed by atoms with Gasteiger partial charge in [-0.25, -0.2) is 0 Å². The van der Waals surface area contributed by atoms with E-state index in [1.807, 2.05) is 11.8 Å². The number of rotatable bonds is 1. The molecule has 80 valence electrons. The van der Waals surface area contributed by atoms with Gasteiger partial charge in [-0.3, -0.25) is 4.79 Å². The van der Waals surface area contributed by atoms with Gasteiger partial charge in [0.25, 0.3) is 0 Å². The molecule has 0 aromatic carbocycles. The van der Waals surface area contributed by atoms with Crippen molar-refractivity contribution in [2.45, 2.75) is 31.9 Å². The van der Waals surface area contributed by atoms with E-state index in [1.165, 1.54) is 0 Å². The van der Waals surface area contributed by atoms with Gasteiger partial charge in [0.1, 0.15) is 0 Å². The number of ether oxygens (including phenoxy) is 1. The molecule has 0 radical (unpaired) electrons. The predicted molar refractivity (Wildman–Crippen MR) is 53.0 cm³/mol. The van der Waals surface area contributed by atoms with E-state index in [0.717, 1.165) is 32.7 Å². The summed E-state index contributed by atoms with van der Waals surface area (Å²) in [6, 6.07) is 0.355. The second-order valence-electron chi connectivity index (χ2n) is 3.95. The fourth-order valence-electron chi connectivity index (χ4n) is 2.23. The Morgan fingerprint density at radius 1 is 1.64 bits per heavy atom. The molecular weight excluding hydrogens is 180 g/mol. The number of hydrogen-bond donors (Lipinski definition) is 1. The number of carbonyl (C=O) groups excluding carboxylic acids is 1. The summed E-state index contributed by atoms with van der Waals surface area (Å²) in [5.74, 6) is 0.260. The number of hydrogen-bond acceptors (Lipinski definition) is 3. The molecule has 0 saturated carbocycles. The van der Waals surface area contributed by atoms with E-state index in [2.05, 4.69) is 5.32 Å². The number of nitrogens with one attached hydrogen (secondary N) is 1. The first-order valence-corrected chi connectivity index (χ1v) is 5.44. The Morgan fingerprint density at radius 2 is 2.50 bits per heavy atom. The number of nitrogens with zero attached hydrogens (tertiary/aromatic N) is 1. The van der Waals surface area contributed by atoms with Gasteiger partial charge in [0.2, 0.25) is 5.91 Å². The van der Waals surface area contributed by atoms with Crippen molar-refractivity contribution in [3.8, 4) is 0 Å². The van der Waals surface area contributed by atoms with Crippen LogP contribution >= 0.6 is 0 Å². The van der Waals surface area contributed by atoms with Crippen molar-refractivity contribution in [1.82, 2.24) is 10.2 Å². The minimum atomic E-state index is 0.260. The standard InChI is InChI=1S/C10H18N2O2/c1-2-10(13)12-5-3-9-8(7-12)11-4-6-14-9/h8-9,11H,2-7H2,1H3. The van der Waals surface area contributed by atoms with Crippen LogP contribution in [0.1, 0.15) is 19.8 Å². The maximum Gasteiger partial charge on any atom is 0.222 e. The molecule has 2 rings (SSSR count). The molecule has 2 saturated heterocycles. The van der Waals surface area contributed by atoms with E-state index in [-0.39, 0.29) is 5.91 Å². The molecule has 2 aliphatic rings. The fourth-order valence-corrected chi connectivity index (χ4v) is 2.23. The van der Waals surface area contributed by atoms with Crippen molar-refractivity contribution < 1.29 is 9.53 Å². The second-order valence-corrected chi connectivity index (χ2v) is 3.95. The molecule has 1 amide bonds. The highest BCUT2D eigenvalue weighted by molar-refractivity contribution is 5.76. The van der Waals surface area contributed by atoms with Crippen molar-refractivity contribution in [3.05, 3.63) is 0 Å². The van der Waals surface area contributed by atoms with E-state index >= 15 is 0 Å². The Labute approximate surface area is 84.6 Å². The highest BCUT2D eigenvalue weighted by atomic mass is 16.5. The first-order valence-electron chi connectivity index (χ1n) is 5.44. The first kappa shape index (κ1) is 9.93. The molecule has 2 fully saturated rings. The molecule has 2 heterocycles. The summed E-state index contributed by atoms with van der Waals surface area (Å²) in [6.45, 7) is 5.31. The molecule has 2 aliphatic heterocycles. The van der Waals surface area contributed by atoms with Crippen LogP contribution in [0, 0.1) is 0 Å². The third-order valence-electron chi connectivity index (χ3n) is 3.05. The molecule has 4 nitrogen and oxygen atoms in total. The zero-order valence-electron chi connectivity index (χ0n) is 8.66. The SMILES string of the molecule is CCC(=O)N1CCC2OCCNC2C1. The minimum absolute atomic E-state index is 0.260. The molecule has 0 spiro atoms. The van der Waals surface area contributed by atoms with E-state index in [0.29, 0.717) is 18.6 Å². The number of piperidine rings is 1. The molecule has 0 aromatic rings. The van der Waals surface area contributed by atoms with Crippen LogP contribution in [-0.4, -0.2) is 49.2 Å². The maximum absolute atomic E-state index is 11.5. The molecule has 14 heavy (non-hydrogen) atoms. The van der Waals surface area contributed by atoms with Crippen LogP contribution < -0.4 is 5.32 Å². The van der Waals surface area contributed by atoms with Gasteiger partial charge >= 0.3 is 0 Å². The van der Waals surface area contributed by atoms with E-state index in [4.69, 9.17) is 4.74 Å². The Hall–Kier alpha value is -0.610. The van der Waals surface area contributed by atoms with Gasteiger partial charge in [-0.1, -0.05) is 6.92 Å². The summed E-state index contributed by atoms with van der Waals surface area (Å²) in [6.07, 6.45) is 1.91. The lowest BCUT2D eigenvalue weighted by molar-refractivity contribution is -0.135. The molecule has 2 atom stereocenters. The third kappa shape index (κ3) is 1.91. The lowest BCUT2D eigenvalue weighted by Crippen LogP contribution is -2.59. The first-order chi connectivity index (χ1) is 6.81. The number of amides is 1.